The fourth-order valence-electron chi connectivity index (χ4n) is 2.94. The molecule has 0 radical (unpaired) electrons. The van der Waals surface area contributed by atoms with Crippen LogP contribution in [0.15, 0.2) is 55.1 Å². The summed E-state index contributed by atoms with van der Waals surface area (Å²) in [7, 11) is 0. The maximum atomic E-state index is 12.6. The topological polar surface area (TPSA) is 77.1 Å². The molecule has 1 N–H and O–H groups in total. The van der Waals surface area contributed by atoms with Crippen LogP contribution in [0.4, 0.5) is 0 Å². The van der Waals surface area contributed by atoms with Gasteiger partial charge in [0, 0.05) is 36.6 Å². The van der Waals surface area contributed by atoms with Crippen molar-refractivity contribution in [2.24, 2.45) is 0 Å². The minimum Gasteiger partial charge on any atom is -0.348 e. The number of hydrogen-bond acceptors (Lipinski definition) is 4. The summed E-state index contributed by atoms with van der Waals surface area (Å²) in [6.07, 6.45) is 6.94. The van der Waals surface area contributed by atoms with Crippen LogP contribution < -0.4 is 5.32 Å². The van der Waals surface area contributed by atoms with Gasteiger partial charge in [-0.1, -0.05) is 29.8 Å². The molecule has 4 aromatic rings. The van der Waals surface area contributed by atoms with Crippen LogP contribution in [-0.2, 0) is 13.1 Å². The lowest BCUT2D eigenvalue weighted by molar-refractivity contribution is 0.0952. The molecule has 0 fully saturated rings. The van der Waals surface area contributed by atoms with Gasteiger partial charge in [-0.05, 0) is 19.9 Å². The Labute approximate surface area is 156 Å². The Balaban J connectivity index is 1.60. The molecule has 1 amide bonds. The van der Waals surface area contributed by atoms with Crippen molar-refractivity contribution in [3.05, 3.63) is 71.8 Å². The molecule has 0 spiro atoms. The number of amides is 1. The van der Waals surface area contributed by atoms with Crippen LogP contribution in [0.1, 0.15) is 28.4 Å². The maximum absolute atomic E-state index is 12.6. The minimum absolute atomic E-state index is 0.206. The van der Waals surface area contributed by atoms with Gasteiger partial charge in [0.05, 0.1) is 18.1 Å². The number of nitrogens with one attached hydrogen (secondary N) is 1. The van der Waals surface area contributed by atoms with Crippen LogP contribution >= 0.6 is 0 Å². The number of hydrogen-bond donors (Lipinski definition) is 1. The van der Waals surface area contributed by atoms with Crippen LogP contribution in [0.3, 0.4) is 0 Å². The van der Waals surface area contributed by atoms with Gasteiger partial charge in [0.1, 0.15) is 5.56 Å². The van der Waals surface area contributed by atoms with Crippen molar-refractivity contribution in [1.82, 2.24) is 29.7 Å². The molecule has 0 bridgehead atoms. The van der Waals surface area contributed by atoms with Gasteiger partial charge in [-0.3, -0.25) is 9.48 Å². The first-order valence-corrected chi connectivity index (χ1v) is 8.85. The Morgan fingerprint density at radius 3 is 2.67 bits per heavy atom. The lowest BCUT2D eigenvalue weighted by Crippen LogP contribution is -2.22. The molecule has 0 aliphatic heterocycles. The van der Waals surface area contributed by atoms with E-state index in [1.807, 2.05) is 42.9 Å². The van der Waals surface area contributed by atoms with Crippen molar-refractivity contribution in [2.45, 2.75) is 26.9 Å². The zero-order valence-corrected chi connectivity index (χ0v) is 15.3. The van der Waals surface area contributed by atoms with Gasteiger partial charge in [-0.2, -0.15) is 10.2 Å². The molecule has 0 saturated heterocycles. The lowest BCUT2D eigenvalue weighted by Gasteiger charge is -2.06. The van der Waals surface area contributed by atoms with E-state index in [1.54, 1.807) is 23.1 Å². The van der Waals surface area contributed by atoms with Crippen LogP contribution in [0.25, 0.3) is 16.9 Å². The Morgan fingerprint density at radius 2 is 1.93 bits per heavy atom. The van der Waals surface area contributed by atoms with Gasteiger partial charge < -0.3 is 5.32 Å². The second kappa shape index (κ2) is 7.03. The molecule has 0 aliphatic carbocycles. The number of aromatic nitrogens is 5. The zero-order valence-electron chi connectivity index (χ0n) is 15.3. The Bertz CT molecular complexity index is 1090. The monoisotopic (exact) mass is 360 g/mol. The van der Waals surface area contributed by atoms with Crippen molar-refractivity contribution >= 4 is 11.6 Å². The highest BCUT2D eigenvalue weighted by Gasteiger charge is 2.16. The van der Waals surface area contributed by atoms with E-state index in [1.165, 1.54) is 5.56 Å². The third-order valence-corrected chi connectivity index (χ3v) is 4.46. The summed E-state index contributed by atoms with van der Waals surface area (Å²) < 4.78 is 3.53. The Kier molecular flexibility index (Phi) is 4.42. The highest BCUT2D eigenvalue weighted by Crippen LogP contribution is 2.21. The van der Waals surface area contributed by atoms with Crippen molar-refractivity contribution in [1.29, 1.82) is 0 Å². The minimum atomic E-state index is -0.206. The highest BCUT2D eigenvalue weighted by molar-refractivity contribution is 5.99. The molecule has 0 atom stereocenters. The number of nitrogens with zero attached hydrogens (tertiary/aromatic N) is 5. The van der Waals surface area contributed by atoms with Gasteiger partial charge >= 0.3 is 0 Å². The summed E-state index contributed by atoms with van der Waals surface area (Å²) in [5.74, 6) is -0.206. The van der Waals surface area contributed by atoms with Crippen molar-refractivity contribution in [2.75, 3.05) is 0 Å². The zero-order chi connectivity index (χ0) is 18.8. The predicted molar refractivity (Wildman–Crippen MR) is 102 cm³/mol. The predicted octanol–water partition coefficient (Wildman–Crippen LogP) is 2.85. The van der Waals surface area contributed by atoms with E-state index in [0.29, 0.717) is 17.8 Å². The molecule has 1 aromatic carbocycles. The Morgan fingerprint density at radius 1 is 1.11 bits per heavy atom. The fourth-order valence-corrected chi connectivity index (χ4v) is 2.94. The summed E-state index contributed by atoms with van der Waals surface area (Å²) in [6.45, 7) is 5.28. The molecule has 0 unspecified atom stereocenters. The van der Waals surface area contributed by atoms with Gasteiger partial charge in [0.2, 0.25) is 0 Å². The van der Waals surface area contributed by atoms with Crippen molar-refractivity contribution in [3.63, 3.8) is 0 Å². The Hall–Kier alpha value is -3.48. The SMILES string of the molecule is CCn1cc(CNC(=O)c2cnn3c(-c4ccc(C)cc4)ccnc23)cn1. The van der Waals surface area contributed by atoms with Gasteiger partial charge in [0.15, 0.2) is 5.65 Å². The molecule has 7 nitrogen and oxygen atoms in total. The molecule has 136 valence electrons. The molecule has 4 rings (SSSR count). The summed E-state index contributed by atoms with van der Waals surface area (Å²) in [5.41, 5.74) is 5.05. The normalized spacial score (nSPS) is 11.0. The average Bonchev–Trinajstić information content (AvgIpc) is 3.33. The first kappa shape index (κ1) is 17.0. The molecule has 7 heteroatoms. The molecule has 3 heterocycles. The highest BCUT2D eigenvalue weighted by atomic mass is 16.1. The van der Waals surface area contributed by atoms with E-state index in [9.17, 15) is 4.79 Å². The second-order valence-corrected chi connectivity index (χ2v) is 6.38. The first-order valence-electron chi connectivity index (χ1n) is 8.85. The molecular formula is C20H20N6O. The van der Waals surface area contributed by atoms with Crippen LogP contribution in [0.5, 0.6) is 0 Å². The summed E-state index contributed by atoms with van der Waals surface area (Å²) in [6, 6.07) is 10.1. The average molecular weight is 360 g/mol. The number of carbonyl (C=O) groups excluding carboxylic acids is 1. The van der Waals surface area contributed by atoms with E-state index in [2.05, 4.69) is 32.6 Å². The number of fused-ring (bicyclic) bond motifs is 1. The molecule has 27 heavy (non-hydrogen) atoms. The fraction of sp³-hybridized carbons (Fsp3) is 0.200. The van der Waals surface area contributed by atoms with E-state index in [0.717, 1.165) is 23.4 Å². The second-order valence-electron chi connectivity index (χ2n) is 6.38. The number of benzene rings is 1. The van der Waals surface area contributed by atoms with E-state index < -0.39 is 0 Å². The van der Waals surface area contributed by atoms with Crippen LogP contribution in [0.2, 0.25) is 0 Å². The number of carbonyl (C=O) groups is 1. The van der Waals surface area contributed by atoms with Gasteiger partial charge in [-0.15, -0.1) is 0 Å². The third kappa shape index (κ3) is 3.31. The van der Waals surface area contributed by atoms with E-state index in [-0.39, 0.29) is 5.91 Å². The first-order chi connectivity index (χ1) is 13.2. The molecular weight excluding hydrogens is 340 g/mol. The van der Waals surface area contributed by atoms with Crippen LogP contribution in [0, 0.1) is 6.92 Å². The number of rotatable bonds is 5. The molecule has 0 saturated carbocycles. The summed E-state index contributed by atoms with van der Waals surface area (Å²) in [5, 5.41) is 11.5. The molecule has 0 aliphatic rings. The lowest BCUT2D eigenvalue weighted by atomic mass is 10.1. The standard InChI is InChI=1S/C20H20N6O/c1-3-25-13-15(11-23-25)10-22-20(27)17-12-24-26-18(8-9-21-19(17)26)16-6-4-14(2)5-7-16/h4-9,11-13H,3,10H2,1-2H3,(H,22,27). The smallest absolute Gasteiger partial charge is 0.257 e. The van der Waals surface area contributed by atoms with Crippen molar-refractivity contribution in [3.8, 4) is 11.3 Å². The largest absolute Gasteiger partial charge is 0.348 e. The van der Waals surface area contributed by atoms with Crippen molar-refractivity contribution < 1.29 is 4.79 Å². The summed E-state index contributed by atoms with van der Waals surface area (Å²) in [4.78, 5) is 17.0. The van der Waals surface area contributed by atoms with Crippen LogP contribution in [-0.4, -0.2) is 30.3 Å². The van der Waals surface area contributed by atoms with E-state index >= 15 is 0 Å². The maximum Gasteiger partial charge on any atom is 0.257 e. The van der Waals surface area contributed by atoms with Gasteiger partial charge in [0.25, 0.3) is 5.91 Å². The quantitative estimate of drug-likeness (QED) is 0.594. The number of aryl methyl sites for hydroxylation is 2. The van der Waals surface area contributed by atoms with E-state index in [4.69, 9.17) is 0 Å². The molecule has 3 aromatic heterocycles. The summed E-state index contributed by atoms with van der Waals surface area (Å²) >= 11 is 0. The van der Waals surface area contributed by atoms with Gasteiger partial charge in [-0.25, -0.2) is 9.50 Å². The third-order valence-electron chi connectivity index (χ3n) is 4.46.